The number of ketones is 1. The average Bonchev–Trinajstić information content (AvgIpc) is 3.06. The molecule has 35 heavy (non-hydrogen) atoms. The molecule has 5 unspecified atom stereocenters. The van der Waals surface area contributed by atoms with Crippen LogP contribution in [0.1, 0.15) is 86.0 Å². The Morgan fingerprint density at radius 3 is 2.40 bits per heavy atom. The van der Waals surface area contributed by atoms with Crippen LogP contribution >= 0.6 is 0 Å². The number of allylic oxidation sites excluding steroid dienone is 1. The first kappa shape index (κ1) is 27.2. The summed E-state index contributed by atoms with van der Waals surface area (Å²) in [5.41, 5.74) is -3.58. The minimum atomic E-state index is -1.41. The molecule has 7 heteroatoms. The molecule has 0 aromatic rings. The quantitative estimate of drug-likeness (QED) is 0.384. The van der Waals surface area contributed by atoms with Crippen LogP contribution in [0.15, 0.2) is 11.6 Å². The van der Waals surface area contributed by atoms with Crippen LogP contribution in [-0.2, 0) is 9.53 Å². The average molecular weight is 495 g/mol. The van der Waals surface area contributed by atoms with Gasteiger partial charge in [-0.05, 0) is 101 Å². The van der Waals surface area contributed by atoms with E-state index in [9.17, 15) is 30.3 Å². The molecule has 0 aromatic heterocycles. The standard InChI is InChI=1S/C28H46O7/c1-24(2,35-6)10-9-23(32)27(5,33)22-8-12-28(34)17-13-19(29)18-14-20(30)21(31)15-25(18,3)16(17)7-11-26(22,28)4/h13,16,18,20-23,30-34H,7-12,14-15H2,1-6H3/t16?,18?,20-,21+,22?,23-,25?,26?,27-,28-/m1/s1. The predicted molar refractivity (Wildman–Crippen MR) is 131 cm³/mol. The van der Waals surface area contributed by atoms with Crippen molar-refractivity contribution in [1.29, 1.82) is 0 Å². The van der Waals surface area contributed by atoms with Gasteiger partial charge >= 0.3 is 0 Å². The maximum atomic E-state index is 13.3. The molecule has 200 valence electrons. The van der Waals surface area contributed by atoms with Gasteiger partial charge in [-0.15, -0.1) is 0 Å². The van der Waals surface area contributed by atoms with Gasteiger partial charge in [-0.2, -0.15) is 0 Å². The first-order chi connectivity index (χ1) is 16.0. The molecule has 3 saturated carbocycles. The summed E-state index contributed by atoms with van der Waals surface area (Å²) in [6.45, 7) is 9.61. The van der Waals surface area contributed by atoms with Crippen molar-refractivity contribution in [3.05, 3.63) is 11.6 Å². The van der Waals surface area contributed by atoms with Gasteiger partial charge in [0, 0.05) is 18.4 Å². The highest BCUT2D eigenvalue weighted by Gasteiger charge is 2.69. The highest BCUT2D eigenvalue weighted by Crippen LogP contribution is 2.68. The van der Waals surface area contributed by atoms with E-state index >= 15 is 0 Å². The molecule has 0 aromatic carbocycles. The van der Waals surface area contributed by atoms with Crippen molar-refractivity contribution in [3.63, 3.8) is 0 Å². The maximum absolute atomic E-state index is 13.3. The highest BCUT2D eigenvalue weighted by molar-refractivity contribution is 5.95. The molecule has 0 amide bonds. The van der Waals surface area contributed by atoms with E-state index in [-0.39, 0.29) is 30.0 Å². The number of ether oxygens (including phenoxy) is 1. The molecule has 4 rings (SSSR count). The van der Waals surface area contributed by atoms with Crippen LogP contribution in [0.5, 0.6) is 0 Å². The van der Waals surface area contributed by atoms with Crippen LogP contribution in [0, 0.1) is 28.6 Å². The van der Waals surface area contributed by atoms with E-state index in [1.807, 2.05) is 27.7 Å². The maximum Gasteiger partial charge on any atom is 0.159 e. The molecule has 3 fully saturated rings. The summed E-state index contributed by atoms with van der Waals surface area (Å²) >= 11 is 0. The lowest BCUT2D eigenvalue weighted by Crippen LogP contribution is -2.62. The van der Waals surface area contributed by atoms with Crippen LogP contribution in [-0.4, -0.2) is 73.5 Å². The second kappa shape index (κ2) is 8.60. The zero-order chi connectivity index (χ0) is 26.2. The normalized spacial score (nSPS) is 46.2. The van der Waals surface area contributed by atoms with Crippen molar-refractivity contribution >= 4 is 5.78 Å². The van der Waals surface area contributed by atoms with Crippen molar-refractivity contribution in [3.8, 4) is 0 Å². The zero-order valence-electron chi connectivity index (χ0n) is 22.3. The van der Waals surface area contributed by atoms with Gasteiger partial charge < -0.3 is 30.3 Å². The topological polar surface area (TPSA) is 127 Å². The lowest BCUT2D eigenvalue weighted by molar-refractivity contribution is -0.177. The molecule has 0 heterocycles. The second-order valence-corrected chi connectivity index (χ2v) is 13.3. The molecule has 0 spiro atoms. The molecular weight excluding hydrogens is 448 g/mol. The van der Waals surface area contributed by atoms with Crippen molar-refractivity contribution < 1.29 is 35.1 Å². The second-order valence-electron chi connectivity index (χ2n) is 13.3. The van der Waals surface area contributed by atoms with Crippen molar-refractivity contribution in [2.45, 2.75) is 121 Å². The predicted octanol–water partition coefficient (Wildman–Crippen LogP) is 2.51. The first-order valence-corrected chi connectivity index (χ1v) is 13.3. The van der Waals surface area contributed by atoms with Gasteiger partial charge in [0.05, 0.1) is 35.1 Å². The Labute approximate surface area is 209 Å². The minimum Gasteiger partial charge on any atom is -0.390 e. The smallest absolute Gasteiger partial charge is 0.159 e. The Bertz CT molecular complexity index is 881. The van der Waals surface area contributed by atoms with Gasteiger partial charge in [0.1, 0.15) is 0 Å². The van der Waals surface area contributed by atoms with Gasteiger partial charge in [-0.3, -0.25) is 4.79 Å². The number of aliphatic hydroxyl groups is 5. The number of carbonyl (C=O) groups excluding carboxylic acids is 1. The van der Waals surface area contributed by atoms with Gasteiger partial charge in [-0.1, -0.05) is 13.8 Å². The third kappa shape index (κ3) is 3.96. The fourth-order valence-electron chi connectivity index (χ4n) is 8.42. The van der Waals surface area contributed by atoms with E-state index < -0.39 is 45.9 Å². The summed E-state index contributed by atoms with van der Waals surface area (Å²) in [5, 5.41) is 55.8. The van der Waals surface area contributed by atoms with Crippen molar-refractivity contribution in [1.82, 2.24) is 0 Å². The number of hydrogen-bond acceptors (Lipinski definition) is 7. The van der Waals surface area contributed by atoms with Crippen LogP contribution in [0.3, 0.4) is 0 Å². The van der Waals surface area contributed by atoms with Crippen molar-refractivity contribution in [2.75, 3.05) is 7.11 Å². The summed E-state index contributed by atoms with van der Waals surface area (Å²) in [5.74, 6) is -0.864. The lowest BCUT2D eigenvalue weighted by atomic mass is 9.45. The summed E-state index contributed by atoms with van der Waals surface area (Å²) < 4.78 is 5.48. The highest BCUT2D eigenvalue weighted by atomic mass is 16.5. The summed E-state index contributed by atoms with van der Waals surface area (Å²) in [7, 11) is 1.64. The lowest BCUT2D eigenvalue weighted by Gasteiger charge is -2.60. The van der Waals surface area contributed by atoms with Gasteiger partial charge in [0.25, 0.3) is 0 Å². The van der Waals surface area contributed by atoms with Crippen LogP contribution in [0.25, 0.3) is 0 Å². The number of aliphatic hydroxyl groups excluding tert-OH is 3. The van der Waals surface area contributed by atoms with Crippen LogP contribution in [0.4, 0.5) is 0 Å². The summed E-state index contributed by atoms with van der Waals surface area (Å²) in [4.78, 5) is 13.3. The Balaban J connectivity index is 1.64. The summed E-state index contributed by atoms with van der Waals surface area (Å²) in [6.07, 6.45) is 2.74. The number of carbonyl (C=O) groups is 1. The van der Waals surface area contributed by atoms with Gasteiger partial charge in [0.15, 0.2) is 5.78 Å². The molecule has 0 aliphatic heterocycles. The van der Waals surface area contributed by atoms with E-state index in [4.69, 9.17) is 4.74 Å². The third-order valence-corrected chi connectivity index (χ3v) is 11.1. The van der Waals surface area contributed by atoms with E-state index in [0.717, 1.165) is 12.0 Å². The summed E-state index contributed by atoms with van der Waals surface area (Å²) in [6, 6.07) is 0. The Hall–Kier alpha value is -0.830. The van der Waals surface area contributed by atoms with Gasteiger partial charge in [0.2, 0.25) is 0 Å². The van der Waals surface area contributed by atoms with E-state index in [1.165, 1.54) is 0 Å². The molecule has 10 atom stereocenters. The fraction of sp³-hybridized carbons (Fsp3) is 0.893. The van der Waals surface area contributed by atoms with E-state index in [1.54, 1.807) is 20.1 Å². The third-order valence-electron chi connectivity index (χ3n) is 11.1. The SMILES string of the molecule is COC(C)(C)CC[C@@H](O)[C@](C)(O)C1CC[C@@]2(O)C3=CC(=O)C4C[C@@H](O)[C@@H](O)CC4(C)C3CCC12C. The van der Waals surface area contributed by atoms with E-state index in [0.29, 0.717) is 38.5 Å². The number of hydrogen-bond donors (Lipinski definition) is 5. The number of methoxy groups -OCH3 is 1. The monoisotopic (exact) mass is 494 g/mol. The van der Waals surface area contributed by atoms with Crippen LogP contribution in [0.2, 0.25) is 0 Å². The fourth-order valence-corrected chi connectivity index (χ4v) is 8.42. The molecule has 0 bridgehead atoms. The molecule has 5 N–H and O–H groups in total. The van der Waals surface area contributed by atoms with Crippen LogP contribution < -0.4 is 0 Å². The number of fused-ring (bicyclic) bond motifs is 5. The molecule has 0 radical (unpaired) electrons. The molecule has 4 aliphatic rings. The molecule has 4 aliphatic carbocycles. The molecular formula is C28H46O7. The minimum absolute atomic E-state index is 0.0680. The largest absolute Gasteiger partial charge is 0.390 e. The number of rotatable bonds is 6. The Morgan fingerprint density at radius 1 is 1.11 bits per heavy atom. The Kier molecular flexibility index (Phi) is 6.69. The first-order valence-electron chi connectivity index (χ1n) is 13.3. The van der Waals surface area contributed by atoms with Gasteiger partial charge in [-0.25, -0.2) is 0 Å². The Morgan fingerprint density at radius 2 is 1.77 bits per heavy atom. The van der Waals surface area contributed by atoms with Crippen molar-refractivity contribution in [2.24, 2.45) is 28.6 Å². The molecule has 0 saturated heterocycles. The molecule has 7 nitrogen and oxygen atoms in total. The van der Waals surface area contributed by atoms with E-state index in [2.05, 4.69) is 0 Å². The zero-order valence-corrected chi connectivity index (χ0v) is 22.3.